The van der Waals surface area contributed by atoms with Crippen molar-refractivity contribution < 1.29 is 4.79 Å². The fraction of sp³-hybridized carbons (Fsp3) is 0.133. The molecule has 0 N–H and O–H groups in total. The standard InChI is InChI=1S/C15H11BrO/c16-12-7-8-14-11(9-12)6-5-10-3-1-2-4-13(10)15(14)17/h1-4,7-9H,5-6H2. The maximum atomic E-state index is 12.4. The summed E-state index contributed by atoms with van der Waals surface area (Å²) < 4.78 is 1.04. The van der Waals surface area contributed by atoms with Gasteiger partial charge in [-0.05, 0) is 42.2 Å². The highest BCUT2D eigenvalue weighted by Gasteiger charge is 2.20. The number of carbonyl (C=O) groups is 1. The number of rotatable bonds is 0. The molecule has 0 bridgehead atoms. The van der Waals surface area contributed by atoms with Crippen LogP contribution in [0.15, 0.2) is 46.9 Å². The van der Waals surface area contributed by atoms with E-state index >= 15 is 0 Å². The summed E-state index contributed by atoms with van der Waals surface area (Å²) in [7, 11) is 0. The molecule has 3 rings (SSSR count). The second kappa shape index (κ2) is 4.11. The quantitative estimate of drug-likeness (QED) is 0.720. The zero-order chi connectivity index (χ0) is 11.8. The van der Waals surface area contributed by atoms with Gasteiger partial charge < -0.3 is 0 Å². The van der Waals surface area contributed by atoms with E-state index in [2.05, 4.69) is 22.0 Å². The first-order chi connectivity index (χ1) is 8.25. The zero-order valence-corrected chi connectivity index (χ0v) is 10.8. The molecule has 0 atom stereocenters. The monoisotopic (exact) mass is 286 g/mol. The maximum absolute atomic E-state index is 12.4. The minimum atomic E-state index is 0.153. The van der Waals surface area contributed by atoms with Gasteiger partial charge in [0, 0.05) is 15.6 Å². The highest BCUT2D eigenvalue weighted by Crippen LogP contribution is 2.26. The van der Waals surface area contributed by atoms with Crippen molar-refractivity contribution >= 4 is 21.7 Å². The van der Waals surface area contributed by atoms with E-state index in [9.17, 15) is 4.79 Å². The molecule has 0 aliphatic heterocycles. The molecule has 0 amide bonds. The van der Waals surface area contributed by atoms with E-state index in [1.54, 1.807) is 0 Å². The molecule has 0 radical (unpaired) electrons. The summed E-state index contributed by atoms with van der Waals surface area (Å²) in [5.41, 5.74) is 4.00. The number of halogens is 1. The molecule has 0 aromatic heterocycles. The normalized spacial score (nSPS) is 13.8. The molecular formula is C15H11BrO. The van der Waals surface area contributed by atoms with Crippen molar-refractivity contribution in [2.45, 2.75) is 12.8 Å². The number of carbonyl (C=O) groups excluding carboxylic acids is 1. The van der Waals surface area contributed by atoms with Crippen LogP contribution in [-0.4, -0.2) is 5.78 Å². The summed E-state index contributed by atoms with van der Waals surface area (Å²) in [4.78, 5) is 12.4. The van der Waals surface area contributed by atoms with Gasteiger partial charge in [0.2, 0.25) is 0 Å². The largest absolute Gasteiger partial charge is 0.289 e. The van der Waals surface area contributed by atoms with Crippen LogP contribution in [0.25, 0.3) is 0 Å². The molecule has 1 aliphatic carbocycles. The summed E-state index contributed by atoms with van der Waals surface area (Å²) in [5, 5.41) is 0. The van der Waals surface area contributed by atoms with Crippen molar-refractivity contribution in [2.24, 2.45) is 0 Å². The van der Waals surface area contributed by atoms with Gasteiger partial charge >= 0.3 is 0 Å². The van der Waals surface area contributed by atoms with E-state index in [-0.39, 0.29) is 5.78 Å². The van der Waals surface area contributed by atoms with Crippen LogP contribution < -0.4 is 0 Å². The number of aryl methyl sites for hydroxylation is 2. The Hall–Kier alpha value is -1.41. The minimum Gasteiger partial charge on any atom is -0.289 e. The molecule has 2 heteroatoms. The average molecular weight is 287 g/mol. The molecular weight excluding hydrogens is 276 g/mol. The molecule has 0 fully saturated rings. The summed E-state index contributed by atoms with van der Waals surface area (Å²) in [6.45, 7) is 0. The molecule has 0 heterocycles. The highest BCUT2D eigenvalue weighted by atomic mass is 79.9. The average Bonchev–Trinajstić information content (AvgIpc) is 2.48. The lowest BCUT2D eigenvalue weighted by Gasteiger charge is -2.05. The van der Waals surface area contributed by atoms with E-state index in [0.717, 1.165) is 39.6 Å². The molecule has 2 aromatic rings. The van der Waals surface area contributed by atoms with E-state index < -0.39 is 0 Å². The molecule has 1 aliphatic rings. The molecule has 0 unspecified atom stereocenters. The first-order valence-electron chi connectivity index (χ1n) is 5.67. The van der Waals surface area contributed by atoms with E-state index in [1.165, 1.54) is 0 Å². The van der Waals surface area contributed by atoms with Gasteiger partial charge in [-0.2, -0.15) is 0 Å². The van der Waals surface area contributed by atoms with Crippen molar-refractivity contribution in [1.82, 2.24) is 0 Å². The molecule has 0 spiro atoms. The summed E-state index contributed by atoms with van der Waals surface area (Å²) >= 11 is 3.46. The fourth-order valence-corrected chi connectivity index (χ4v) is 2.77. The Morgan fingerprint density at radius 1 is 0.882 bits per heavy atom. The van der Waals surface area contributed by atoms with Crippen LogP contribution in [0, 0.1) is 0 Å². The Balaban J connectivity index is 2.20. The predicted octanol–water partition coefficient (Wildman–Crippen LogP) is 3.78. The lowest BCUT2D eigenvalue weighted by molar-refractivity contribution is 0.103. The molecule has 0 saturated heterocycles. The molecule has 2 aromatic carbocycles. The van der Waals surface area contributed by atoms with Crippen LogP contribution in [0.3, 0.4) is 0 Å². The minimum absolute atomic E-state index is 0.153. The second-order valence-corrected chi connectivity index (χ2v) is 5.20. The molecule has 17 heavy (non-hydrogen) atoms. The van der Waals surface area contributed by atoms with Crippen molar-refractivity contribution in [3.63, 3.8) is 0 Å². The first kappa shape index (κ1) is 10.7. The van der Waals surface area contributed by atoms with Gasteiger partial charge in [0.15, 0.2) is 5.78 Å². The summed E-state index contributed by atoms with van der Waals surface area (Å²) in [5.74, 6) is 0.153. The third kappa shape index (κ3) is 1.83. The van der Waals surface area contributed by atoms with Crippen LogP contribution >= 0.6 is 15.9 Å². The van der Waals surface area contributed by atoms with Gasteiger partial charge in [-0.15, -0.1) is 0 Å². The van der Waals surface area contributed by atoms with E-state index in [0.29, 0.717) is 0 Å². The lowest BCUT2D eigenvalue weighted by atomic mass is 9.99. The predicted molar refractivity (Wildman–Crippen MR) is 71.4 cm³/mol. The van der Waals surface area contributed by atoms with Gasteiger partial charge in [0.1, 0.15) is 0 Å². The van der Waals surface area contributed by atoms with Gasteiger partial charge in [0.25, 0.3) is 0 Å². The van der Waals surface area contributed by atoms with Crippen LogP contribution in [0.2, 0.25) is 0 Å². The number of ketones is 1. The summed E-state index contributed by atoms with van der Waals surface area (Å²) in [6, 6.07) is 13.8. The number of fused-ring (bicyclic) bond motifs is 2. The van der Waals surface area contributed by atoms with Gasteiger partial charge in [0.05, 0.1) is 0 Å². The summed E-state index contributed by atoms with van der Waals surface area (Å²) in [6.07, 6.45) is 1.86. The van der Waals surface area contributed by atoms with Crippen LogP contribution in [0.5, 0.6) is 0 Å². The molecule has 1 nitrogen and oxygen atoms in total. The van der Waals surface area contributed by atoms with Crippen molar-refractivity contribution in [1.29, 1.82) is 0 Å². The Kier molecular flexibility index (Phi) is 2.60. The third-order valence-electron chi connectivity index (χ3n) is 3.24. The zero-order valence-electron chi connectivity index (χ0n) is 9.24. The van der Waals surface area contributed by atoms with E-state index in [4.69, 9.17) is 0 Å². The third-order valence-corrected chi connectivity index (χ3v) is 3.73. The maximum Gasteiger partial charge on any atom is 0.193 e. The van der Waals surface area contributed by atoms with Gasteiger partial charge in [-0.3, -0.25) is 4.79 Å². The van der Waals surface area contributed by atoms with Crippen LogP contribution in [0.1, 0.15) is 27.0 Å². The van der Waals surface area contributed by atoms with Crippen LogP contribution in [0.4, 0.5) is 0 Å². The first-order valence-corrected chi connectivity index (χ1v) is 6.46. The second-order valence-electron chi connectivity index (χ2n) is 4.29. The van der Waals surface area contributed by atoms with Crippen molar-refractivity contribution in [3.8, 4) is 0 Å². The van der Waals surface area contributed by atoms with Crippen LogP contribution in [-0.2, 0) is 12.8 Å². The Bertz CT molecular complexity index is 602. The SMILES string of the molecule is O=C1c2ccccc2CCc2cc(Br)ccc21. The number of hydrogen-bond acceptors (Lipinski definition) is 1. The Labute approximate surface area is 109 Å². The van der Waals surface area contributed by atoms with E-state index in [1.807, 2.05) is 36.4 Å². The molecule has 0 saturated carbocycles. The fourth-order valence-electron chi connectivity index (χ4n) is 2.36. The number of benzene rings is 2. The van der Waals surface area contributed by atoms with Gasteiger partial charge in [-0.25, -0.2) is 0 Å². The highest BCUT2D eigenvalue weighted by molar-refractivity contribution is 9.10. The number of hydrogen-bond donors (Lipinski definition) is 0. The smallest absolute Gasteiger partial charge is 0.193 e. The topological polar surface area (TPSA) is 17.1 Å². The Morgan fingerprint density at radius 3 is 2.47 bits per heavy atom. The van der Waals surface area contributed by atoms with Crippen molar-refractivity contribution in [2.75, 3.05) is 0 Å². The lowest BCUT2D eigenvalue weighted by Crippen LogP contribution is -2.03. The van der Waals surface area contributed by atoms with Gasteiger partial charge in [-0.1, -0.05) is 40.2 Å². The van der Waals surface area contributed by atoms with Crippen molar-refractivity contribution in [3.05, 3.63) is 69.2 Å². The Morgan fingerprint density at radius 2 is 1.59 bits per heavy atom. The molecule has 84 valence electrons.